The fourth-order valence-corrected chi connectivity index (χ4v) is 7.66. The van der Waals surface area contributed by atoms with Crippen LogP contribution in [0.4, 0.5) is 0 Å². The van der Waals surface area contributed by atoms with Gasteiger partial charge in [-0.3, -0.25) is 9.59 Å². The van der Waals surface area contributed by atoms with Gasteiger partial charge in [0.25, 0.3) is 0 Å². The standard InChI is InChI=1S/C23H34O3/c1-4-21(25)20-8-7-18-17-6-5-15-13-16(24)9-12-23(15,14-26-3)19(17)10-11-22(18,20)2/h13,17-20H,4-12,14H2,1-3H3/t17?,18-,19-,20+,22?,23?/m0/s1. The molecule has 0 aromatic heterocycles. The van der Waals surface area contributed by atoms with Crippen molar-refractivity contribution in [3.8, 4) is 0 Å². The van der Waals surface area contributed by atoms with E-state index in [1.54, 1.807) is 0 Å². The van der Waals surface area contributed by atoms with E-state index in [1.807, 2.05) is 20.1 Å². The normalized spacial score (nSPS) is 44.7. The molecule has 0 radical (unpaired) electrons. The van der Waals surface area contributed by atoms with Crippen LogP contribution >= 0.6 is 0 Å². The van der Waals surface area contributed by atoms with Crippen LogP contribution in [-0.2, 0) is 14.3 Å². The van der Waals surface area contributed by atoms with E-state index in [1.165, 1.54) is 31.3 Å². The van der Waals surface area contributed by atoms with Crippen molar-refractivity contribution in [2.24, 2.45) is 34.5 Å². The first-order valence-electron chi connectivity index (χ1n) is 10.7. The van der Waals surface area contributed by atoms with E-state index >= 15 is 0 Å². The Labute approximate surface area is 157 Å². The maximum atomic E-state index is 12.6. The number of carbonyl (C=O) groups is 2. The lowest BCUT2D eigenvalue weighted by atomic mass is 9.46. The van der Waals surface area contributed by atoms with Crippen molar-refractivity contribution >= 4 is 11.6 Å². The van der Waals surface area contributed by atoms with Crippen molar-refractivity contribution in [3.63, 3.8) is 0 Å². The molecule has 3 nitrogen and oxygen atoms in total. The highest BCUT2D eigenvalue weighted by molar-refractivity contribution is 5.91. The summed E-state index contributed by atoms with van der Waals surface area (Å²) < 4.78 is 5.73. The van der Waals surface area contributed by atoms with E-state index < -0.39 is 0 Å². The van der Waals surface area contributed by atoms with E-state index in [4.69, 9.17) is 4.74 Å². The SMILES string of the molecule is CCC(=O)[C@H]1CC[C@H]2C3CCC4=CC(=O)CCC4(COC)[C@H]3CCC12C. The predicted octanol–water partition coefficient (Wildman–Crippen LogP) is 4.74. The Morgan fingerprint density at radius 3 is 2.69 bits per heavy atom. The summed E-state index contributed by atoms with van der Waals surface area (Å²) in [5, 5.41) is 0. The smallest absolute Gasteiger partial charge is 0.155 e. The Kier molecular flexibility index (Phi) is 4.66. The molecule has 3 unspecified atom stereocenters. The topological polar surface area (TPSA) is 43.4 Å². The summed E-state index contributed by atoms with van der Waals surface area (Å²) in [6.07, 6.45) is 11.2. The van der Waals surface area contributed by atoms with E-state index in [2.05, 4.69) is 6.92 Å². The summed E-state index contributed by atoms with van der Waals surface area (Å²) in [4.78, 5) is 24.7. The Bertz CT molecular complexity index is 635. The Hall–Kier alpha value is -0.960. The van der Waals surface area contributed by atoms with Crippen LogP contribution in [0.2, 0.25) is 0 Å². The Morgan fingerprint density at radius 1 is 1.15 bits per heavy atom. The minimum atomic E-state index is 0.0831. The Morgan fingerprint density at radius 2 is 1.96 bits per heavy atom. The van der Waals surface area contributed by atoms with E-state index in [0.29, 0.717) is 42.2 Å². The molecule has 3 heteroatoms. The van der Waals surface area contributed by atoms with Crippen molar-refractivity contribution in [2.75, 3.05) is 13.7 Å². The highest BCUT2D eigenvalue weighted by Gasteiger charge is 2.60. The average molecular weight is 359 g/mol. The fraction of sp³-hybridized carbons (Fsp3) is 0.826. The highest BCUT2D eigenvalue weighted by atomic mass is 16.5. The number of rotatable bonds is 4. The van der Waals surface area contributed by atoms with Crippen LogP contribution in [0.3, 0.4) is 0 Å². The second-order valence-electron chi connectivity index (χ2n) is 9.63. The first-order chi connectivity index (χ1) is 12.5. The van der Waals surface area contributed by atoms with Crippen LogP contribution in [-0.4, -0.2) is 25.3 Å². The Balaban J connectivity index is 1.67. The summed E-state index contributed by atoms with van der Waals surface area (Å²) in [6.45, 7) is 5.20. The second kappa shape index (κ2) is 6.58. The molecular weight excluding hydrogens is 324 g/mol. The molecule has 4 aliphatic rings. The van der Waals surface area contributed by atoms with Crippen LogP contribution in [0.5, 0.6) is 0 Å². The van der Waals surface area contributed by atoms with Crippen LogP contribution in [0.25, 0.3) is 0 Å². The highest BCUT2D eigenvalue weighted by Crippen LogP contribution is 2.66. The van der Waals surface area contributed by atoms with Gasteiger partial charge in [-0.1, -0.05) is 19.4 Å². The molecule has 0 heterocycles. The van der Waals surface area contributed by atoms with Crippen molar-refractivity contribution < 1.29 is 14.3 Å². The van der Waals surface area contributed by atoms with Gasteiger partial charge in [0.2, 0.25) is 0 Å². The van der Waals surface area contributed by atoms with Gasteiger partial charge in [0.05, 0.1) is 6.61 Å². The zero-order valence-corrected chi connectivity index (χ0v) is 16.7. The average Bonchev–Trinajstić information content (AvgIpc) is 2.99. The summed E-state index contributed by atoms with van der Waals surface area (Å²) >= 11 is 0. The number of methoxy groups -OCH3 is 1. The molecule has 6 atom stereocenters. The van der Waals surface area contributed by atoms with Gasteiger partial charge in [-0.25, -0.2) is 0 Å². The third-order valence-corrected chi connectivity index (χ3v) is 8.83. The monoisotopic (exact) mass is 358 g/mol. The van der Waals surface area contributed by atoms with Crippen molar-refractivity contribution in [3.05, 3.63) is 11.6 Å². The third kappa shape index (κ3) is 2.49. The molecular formula is C23H34O3. The molecule has 0 N–H and O–H groups in total. The molecule has 0 spiro atoms. The van der Waals surface area contributed by atoms with Gasteiger partial charge in [-0.15, -0.1) is 0 Å². The molecule has 4 aliphatic carbocycles. The molecule has 0 aromatic carbocycles. The van der Waals surface area contributed by atoms with Crippen LogP contribution in [0, 0.1) is 34.5 Å². The van der Waals surface area contributed by atoms with Gasteiger partial charge in [-0.05, 0) is 74.2 Å². The summed E-state index contributed by atoms with van der Waals surface area (Å²) in [5.74, 6) is 3.07. The molecule has 3 saturated carbocycles. The molecule has 3 fully saturated rings. The molecule has 4 rings (SSSR count). The quantitative estimate of drug-likeness (QED) is 0.729. The van der Waals surface area contributed by atoms with Crippen LogP contribution in [0.1, 0.15) is 71.6 Å². The number of carbonyl (C=O) groups excluding carboxylic acids is 2. The largest absolute Gasteiger partial charge is 0.384 e. The van der Waals surface area contributed by atoms with Gasteiger partial charge in [-0.2, -0.15) is 0 Å². The van der Waals surface area contributed by atoms with Crippen LogP contribution in [0.15, 0.2) is 11.6 Å². The summed E-state index contributed by atoms with van der Waals surface area (Å²) in [5.41, 5.74) is 1.66. The second-order valence-corrected chi connectivity index (χ2v) is 9.63. The first-order valence-corrected chi connectivity index (χ1v) is 10.7. The number of hydrogen-bond acceptors (Lipinski definition) is 3. The lowest BCUT2D eigenvalue weighted by Gasteiger charge is -2.58. The first kappa shape index (κ1) is 18.4. The fourth-order valence-electron chi connectivity index (χ4n) is 7.66. The van der Waals surface area contributed by atoms with Crippen molar-refractivity contribution in [2.45, 2.75) is 71.6 Å². The number of ether oxygens (including phenoxy) is 1. The van der Waals surface area contributed by atoms with E-state index in [0.717, 1.165) is 25.9 Å². The van der Waals surface area contributed by atoms with Gasteiger partial charge in [0, 0.05) is 31.3 Å². The molecule has 0 amide bonds. The van der Waals surface area contributed by atoms with Gasteiger partial charge >= 0.3 is 0 Å². The molecule has 0 aliphatic heterocycles. The number of ketones is 2. The predicted molar refractivity (Wildman–Crippen MR) is 102 cm³/mol. The summed E-state index contributed by atoms with van der Waals surface area (Å²) in [7, 11) is 1.81. The summed E-state index contributed by atoms with van der Waals surface area (Å²) in [6, 6.07) is 0. The van der Waals surface area contributed by atoms with Gasteiger partial charge in [0.1, 0.15) is 5.78 Å². The van der Waals surface area contributed by atoms with Gasteiger partial charge in [0.15, 0.2) is 5.78 Å². The molecule has 0 saturated heterocycles. The zero-order valence-electron chi connectivity index (χ0n) is 16.7. The maximum Gasteiger partial charge on any atom is 0.155 e. The van der Waals surface area contributed by atoms with E-state index in [9.17, 15) is 9.59 Å². The van der Waals surface area contributed by atoms with Crippen molar-refractivity contribution in [1.29, 1.82) is 0 Å². The number of Topliss-reactive ketones (excluding diaryl/α,β-unsaturated/α-hetero) is 1. The number of hydrogen-bond donors (Lipinski definition) is 0. The lowest BCUT2D eigenvalue weighted by Crippen LogP contribution is -2.53. The minimum Gasteiger partial charge on any atom is -0.384 e. The van der Waals surface area contributed by atoms with E-state index in [-0.39, 0.29) is 16.7 Å². The number of fused-ring (bicyclic) bond motifs is 5. The molecule has 144 valence electrons. The van der Waals surface area contributed by atoms with Crippen LogP contribution < -0.4 is 0 Å². The molecule has 0 aromatic rings. The van der Waals surface area contributed by atoms with Crippen molar-refractivity contribution in [1.82, 2.24) is 0 Å². The van der Waals surface area contributed by atoms with Gasteiger partial charge < -0.3 is 4.74 Å². The molecule has 0 bridgehead atoms. The molecule has 26 heavy (non-hydrogen) atoms. The maximum absolute atomic E-state index is 12.6. The zero-order chi connectivity index (χ0) is 18.5. The lowest BCUT2D eigenvalue weighted by molar-refractivity contribution is -0.132. The third-order valence-electron chi connectivity index (χ3n) is 8.83. The minimum absolute atomic E-state index is 0.0831.